The molecule has 82 valence electrons. The molecule has 0 atom stereocenters. The van der Waals surface area contributed by atoms with Crippen LogP contribution in [0.15, 0.2) is 24.3 Å². The van der Waals surface area contributed by atoms with Crippen LogP contribution in [0.5, 0.6) is 0 Å². The molecule has 0 aliphatic heterocycles. The third-order valence-corrected chi connectivity index (χ3v) is 2.19. The molecule has 0 bridgehead atoms. The van der Waals surface area contributed by atoms with Crippen LogP contribution in [0.1, 0.15) is 30.1 Å². The summed E-state index contributed by atoms with van der Waals surface area (Å²) in [5.74, 6) is 0.164. The Bertz CT molecular complexity index is 306. The molecular formula is C12H17NO2. The number of aliphatic hydroxyl groups is 1. The fourth-order valence-corrected chi connectivity index (χ4v) is 1.29. The fourth-order valence-electron chi connectivity index (χ4n) is 1.29. The smallest absolute Gasteiger partial charge is 0.162 e. The van der Waals surface area contributed by atoms with Crippen molar-refractivity contribution < 1.29 is 9.90 Å². The number of aliphatic hydroxyl groups excluding tert-OH is 1. The number of carbonyl (C=O) groups is 1. The van der Waals surface area contributed by atoms with Gasteiger partial charge in [-0.2, -0.15) is 0 Å². The second kappa shape index (κ2) is 6.19. The zero-order chi connectivity index (χ0) is 11.1. The van der Waals surface area contributed by atoms with Gasteiger partial charge in [0.25, 0.3) is 0 Å². The van der Waals surface area contributed by atoms with Crippen molar-refractivity contribution in [1.29, 1.82) is 0 Å². The molecule has 1 rings (SSSR count). The minimum atomic E-state index is 0.164. The van der Waals surface area contributed by atoms with Gasteiger partial charge in [0.2, 0.25) is 0 Å². The summed E-state index contributed by atoms with van der Waals surface area (Å²) in [6.07, 6.45) is 1.27. The average Bonchev–Trinajstić information content (AvgIpc) is 2.29. The predicted molar refractivity (Wildman–Crippen MR) is 61.3 cm³/mol. The Morgan fingerprint density at radius 1 is 1.33 bits per heavy atom. The Hall–Kier alpha value is -1.35. The highest BCUT2D eigenvalue weighted by atomic mass is 16.3. The van der Waals surface area contributed by atoms with Crippen LogP contribution in [0.3, 0.4) is 0 Å². The number of hydrogen-bond donors (Lipinski definition) is 2. The van der Waals surface area contributed by atoms with Crippen LogP contribution in [-0.2, 0) is 0 Å². The van der Waals surface area contributed by atoms with Crippen LogP contribution in [0.4, 0.5) is 5.69 Å². The third kappa shape index (κ3) is 3.72. The second-order valence-corrected chi connectivity index (χ2v) is 3.36. The van der Waals surface area contributed by atoms with E-state index in [2.05, 4.69) is 5.32 Å². The quantitative estimate of drug-likeness (QED) is 0.554. The molecule has 0 radical (unpaired) electrons. The van der Waals surface area contributed by atoms with E-state index in [9.17, 15) is 4.79 Å². The molecule has 0 fully saturated rings. The Balaban J connectivity index is 2.52. The van der Waals surface area contributed by atoms with Gasteiger partial charge < -0.3 is 10.4 Å². The lowest BCUT2D eigenvalue weighted by atomic mass is 10.1. The summed E-state index contributed by atoms with van der Waals surface area (Å²) < 4.78 is 0. The first-order chi connectivity index (χ1) is 7.27. The first-order valence-corrected chi connectivity index (χ1v) is 5.26. The van der Waals surface area contributed by atoms with Gasteiger partial charge in [0, 0.05) is 30.8 Å². The second-order valence-electron chi connectivity index (χ2n) is 3.36. The molecule has 0 aromatic heterocycles. The molecule has 0 amide bonds. The zero-order valence-corrected chi connectivity index (χ0v) is 8.99. The van der Waals surface area contributed by atoms with Gasteiger partial charge in [-0.3, -0.25) is 4.79 Å². The number of rotatable bonds is 6. The molecule has 3 nitrogen and oxygen atoms in total. The van der Waals surface area contributed by atoms with E-state index in [4.69, 9.17) is 5.11 Å². The molecule has 2 N–H and O–H groups in total. The van der Waals surface area contributed by atoms with E-state index in [1.807, 2.05) is 31.2 Å². The van der Waals surface area contributed by atoms with Crippen molar-refractivity contribution in [3.8, 4) is 0 Å². The summed E-state index contributed by atoms with van der Waals surface area (Å²) in [6.45, 7) is 2.80. The van der Waals surface area contributed by atoms with Crippen molar-refractivity contribution in [2.24, 2.45) is 0 Å². The van der Waals surface area contributed by atoms with E-state index in [0.29, 0.717) is 6.42 Å². The zero-order valence-electron chi connectivity index (χ0n) is 8.99. The van der Waals surface area contributed by atoms with E-state index >= 15 is 0 Å². The molecule has 1 aromatic carbocycles. The van der Waals surface area contributed by atoms with E-state index in [-0.39, 0.29) is 12.4 Å². The Morgan fingerprint density at radius 3 is 2.53 bits per heavy atom. The van der Waals surface area contributed by atoms with Crippen molar-refractivity contribution in [1.82, 2.24) is 0 Å². The summed E-state index contributed by atoms with van der Waals surface area (Å²) in [7, 11) is 0. The lowest BCUT2D eigenvalue weighted by Gasteiger charge is -2.05. The van der Waals surface area contributed by atoms with Gasteiger partial charge in [-0.25, -0.2) is 0 Å². The molecule has 0 heterocycles. The lowest BCUT2D eigenvalue weighted by molar-refractivity contribution is 0.0988. The monoisotopic (exact) mass is 207 g/mol. The maximum absolute atomic E-state index is 11.3. The normalized spacial score (nSPS) is 10.0. The molecule has 0 unspecified atom stereocenters. The van der Waals surface area contributed by atoms with Crippen molar-refractivity contribution >= 4 is 11.5 Å². The average molecular weight is 207 g/mol. The summed E-state index contributed by atoms with van der Waals surface area (Å²) in [5, 5.41) is 11.8. The number of nitrogens with one attached hydrogen (secondary N) is 1. The van der Waals surface area contributed by atoms with Crippen LogP contribution in [0.2, 0.25) is 0 Å². The standard InChI is InChI=1S/C12H17NO2/c1-2-12(15)10-4-6-11(7-5-10)13-8-3-9-14/h4-7,13-14H,2-3,8-9H2,1H3. The maximum atomic E-state index is 11.3. The molecule has 0 aliphatic rings. The molecule has 0 saturated heterocycles. The van der Waals surface area contributed by atoms with Gasteiger partial charge in [0.1, 0.15) is 0 Å². The van der Waals surface area contributed by atoms with Crippen molar-refractivity contribution in [2.75, 3.05) is 18.5 Å². The molecule has 1 aromatic rings. The van der Waals surface area contributed by atoms with Gasteiger partial charge in [-0.1, -0.05) is 6.92 Å². The fraction of sp³-hybridized carbons (Fsp3) is 0.417. The van der Waals surface area contributed by atoms with Gasteiger partial charge in [-0.15, -0.1) is 0 Å². The summed E-state index contributed by atoms with van der Waals surface area (Å²) in [4.78, 5) is 11.3. The number of ketones is 1. The van der Waals surface area contributed by atoms with E-state index in [1.54, 1.807) is 0 Å². The minimum absolute atomic E-state index is 0.164. The molecular weight excluding hydrogens is 190 g/mol. The highest BCUT2D eigenvalue weighted by molar-refractivity contribution is 5.96. The Kier molecular flexibility index (Phi) is 4.84. The first kappa shape index (κ1) is 11.7. The van der Waals surface area contributed by atoms with E-state index < -0.39 is 0 Å². The van der Waals surface area contributed by atoms with Crippen molar-refractivity contribution in [3.05, 3.63) is 29.8 Å². The Labute approximate surface area is 90.1 Å². The van der Waals surface area contributed by atoms with Gasteiger partial charge >= 0.3 is 0 Å². The summed E-state index contributed by atoms with van der Waals surface area (Å²) >= 11 is 0. The largest absolute Gasteiger partial charge is 0.396 e. The van der Waals surface area contributed by atoms with Gasteiger partial charge in [-0.05, 0) is 30.7 Å². The highest BCUT2D eigenvalue weighted by Gasteiger charge is 2.01. The van der Waals surface area contributed by atoms with Gasteiger partial charge in [0.05, 0.1) is 0 Å². The lowest BCUT2D eigenvalue weighted by Crippen LogP contribution is -2.03. The SMILES string of the molecule is CCC(=O)c1ccc(NCCCO)cc1. The highest BCUT2D eigenvalue weighted by Crippen LogP contribution is 2.10. The van der Waals surface area contributed by atoms with Crippen LogP contribution >= 0.6 is 0 Å². The molecule has 0 spiro atoms. The topological polar surface area (TPSA) is 49.3 Å². The number of carbonyl (C=O) groups excluding carboxylic acids is 1. The Morgan fingerprint density at radius 2 is 2.00 bits per heavy atom. The maximum Gasteiger partial charge on any atom is 0.162 e. The van der Waals surface area contributed by atoms with E-state index in [1.165, 1.54) is 0 Å². The number of benzene rings is 1. The third-order valence-electron chi connectivity index (χ3n) is 2.19. The van der Waals surface area contributed by atoms with Crippen molar-refractivity contribution in [3.63, 3.8) is 0 Å². The minimum Gasteiger partial charge on any atom is -0.396 e. The summed E-state index contributed by atoms with van der Waals surface area (Å²) in [6, 6.07) is 7.43. The number of hydrogen-bond acceptors (Lipinski definition) is 3. The predicted octanol–water partition coefficient (Wildman–Crippen LogP) is 2.07. The molecule has 0 saturated carbocycles. The number of anilines is 1. The number of Topliss-reactive ketones (excluding diaryl/α,β-unsaturated/α-hetero) is 1. The first-order valence-electron chi connectivity index (χ1n) is 5.26. The van der Waals surface area contributed by atoms with Crippen LogP contribution < -0.4 is 5.32 Å². The van der Waals surface area contributed by atoms with Crippen LogP contribution in [0, 0.1) is 0 Å². The molecule has 3 heteroatoms. The molecule has 15 heavy (non-hydrogen) atoms. The summed E-state index contributed by atoms with van der Waals surface area (Å²) in [5.41, 5.74) is 1.74. The van der Waals surface area contributed by atoms with Gasteiger partial charge in [0.15, 0.2) is 5.78 Å². The van der Waals surface area contributed by atoms with Crippen LogP contribution in [0.25, 0.3) is 0 Å². The van der Waals surface area contributed by atoms with Crippen LogP contribution in [-0.4, -0.2) is 24.0 Å². The van der Waals surface area contributed by atoms with E-state index in [0.717, 1.165) is 24.2 Å². The van der Waals surface area contributed by atoms with Crippen molar-refractivity contribution in [2.45, 2.75) is 19.8 Å². The molecule has 0 aliphatic carbocycles.